The van der Waals surface area contributed by atoms with Gasteiger partial charge in [0.2, 0.25) is 5.95 Å². The van der Waals surface area contributed by atoms with Crippen molar-refractivity contribution in [3.05, 3.63) is 40.5 Å². The Bertz CT molecular complexity index is 1120. The number of nitrogens with zero attached hydrogens (tertiary/aromatic N) is 3. The summed E-state index contributed by atoms with van der Waals surface area (Å²) in [6.45, 7) is 1.98. The van der Waals surface area contributed by atoms with Crippen LogP contribution in [0.1, 0.15) is 61.6 Å². The molecule has 7 rings (SSSR count). The van der Waals surface area contributed by atoms with Crippen LogP contribution in [0.5, 0.6) is 0 Å². The van der Waals surface area contributed by atoms with Gasteiger partial charge in [-0.2, -0.15) is 4.98 Å². The largest absolute Gasteiger partial charge is 0.394 e. The topological polar surface area (TPSA) is 78.3 Å². The van der Waals surface area contributed by atoms with E-state index < -0.39 is 10.8 Å². The number of anilines is 2. The molecule has 3 saturated carbocycles. The normalized spacial score (nSPS) is 35.0. The number of aromatic nitrogens is 2. The quantitative estimate of drug-likeness (QED) is 0.666. The molecule has 3 heterocycles. The number of rotatable bonds is 5. The number of halogens is 1. The summed E-state index contributed by atoms with van der Waals surface area (Å²) in [6, 6.07) is 8.40. The smallest absolute Gasteiger partial charge is 0.227 e. The minimum absolute atomic E-state index is 0.0806. The van der Waals surface area contributed by atoms with E-state index in [1.54, 1.807) is 0 Å². The average Bonchev–Trinajstić information content (AvgIpc) is 3.49. The number of aliphatic hydroxyl groups excluding tert-OH is 1. The van der Waals surface area contributed by atoms with E-state index in [4.69, 9.17) is 21.6 Å². The molecule has 6 nitrogen and oxygen atoms in total. The van der Waals surface area contributed by atoms with E-state index in [1.165, 1.54) is 18.4 Å². The van der Waals surface area contributed by atoms with E-state index in [1.807, 2.05) is 12.1 Å². The molecule has 3 aliphatic carbocycles. The van der Waals surface area contributed by atoms with Gasteiger partial charge in [0.15, 0.2) is 0 Å². The zero-order valence-electron chi connectivity index (χ0n) is 18.5. The fraction of sp³-hybridized carbons (Fsp3) is 0.600. The summed E-state index contributed by atoms with van der Waals surface area (Å²) in [5.41, 5.74) is 2.07. The number of benzene rings is 1. The average molecular weight is 485 g/mol. The van der Waals surface area contributed by atoms with Gasteiger partial charge < -0.3 is 15.3 Å². The lowest BCUT2D eigenvalue weighted by Crippen LogP contribution is -2.49. The first-order valence-electron chi connectivity index (χ1n) is 12.3. The summed E-state index contributed by atoms with van der Waals surface area (Å²) in [4.78, 5) is 13.2. The highest BCUT2D eigenvalue weighted by atomic mass is 35.5. The molecule has 4 fully saturated rings. The van der Waals surface area contributed by atoms with E-state index >= 15 is 0 Å². The predicted octanol–water partition coefficient (Wildman–Crippen LogP) is 4.06. The maximum atomic E-state index is 13.1. The van der Waals surface area contributed by atoms with Crippen LogP contribution in [0.3, 0.4) is 0 Å². The van der Waals surface area contributed by atoms with Crippen LogP contribution in [-0.2, 0) is 10.8 Å². The summed E-state index contributed by atoms with van der Waals surface area (Å²) < 4.78 is 13.1. The van der Waals surface area contributed by atoms with E-state index in [-0.39, 0.29) is 17.4 Å². The lowest BCUT2D eigenvalue weighted by atomic mass is 9.77. The molecule has 33 heavy (non-hydrogen) atoms. The lowest BCUT2D eigenvalue weighted by molar-refractivity contribution is 0.143. The Kier molecular flexibility index (Phi) is 4.63. The van der Waals surface area contributed by atoms with Gasteiger partial charge in [-0.3, -0.25) is 4.21 Å². The molecule has 2 bridgehead atoms. The molecule has 174 valence electrons. The molecule has 1 aromatic heterocycles. The highest BCUT2D eigenvalue weighted by Crippen LogP contribution is 2.56. The molecule has 1 aromatic carbocycles. The Balaban J connectivity index is 1.21. The predicted molar refractivity (Wildman–Crippen MR) is 129 cm³/mol. The molecule has 0 spiro atoms. The molecular formula is C25H29ClN4O2S. The lowest BCUT2D eigenvalue weighted by Gasteiger charge is -2.42. The summed E-state index contributed by atoms with van der Waals surface area (Å²) in [7, 11) is -1.04. The number of hydrogen-bond donors (Lipinski definition) is 2. The van der Waals surface area contributed by atoms with Gasteiger partial charge in [0, 0.05) is 29.3 Å². The van der Waals surface area contributed by atoms with Crippen molar-refractivity contribution in [1.29, 1.82) is 0 Å². The zero-order valence-corrected chi connectivity index (χ0v) is 20.1. The monoisotopic (exact) mass is 484 g/mol. The molecule has 0 radical (unpaired) electrons. The van der Waals surface area contributed by atoms with Crippen molar-refractivity contribution in [2.24, 2.45) is 11.8 Å². The number of nitrogens with one attached hydrogen (secondary N) is 1. The zero-order chi connectivity index (χ0) is 22.3. The molecule has 2 aliphatic heterocycles. The Labute approximate surface area is 201 Å². The first-order valence-corrected chi connectivity index (χ1v) is 13.9. The summed E-state index contributed by atoms with van der Waals surface area (Å²) in [5.74, 6) is 3.53. The Morgan fingerprint density at radius 2 is 1.88 bits per heavy atom. The SMILES string of the molecule is O=S1c2c(NC3(CO)CCC3)nc(N3CC4CCC(C3)C4c3ccc(Cl)cc3)nc2C2CC21. The summed E-state index contributed by atoms with van der Waals surface area (Å²) >= 11 is 6.13. The molecular weight excluding hydrogens is 456 g/mol. The van der Waals surface area contributed by atoms with Gasteiger partial charge in [0.25, 0.3) is 0 Å². The van der Waals surface area contributed by atoms with Crippen LogP contribution in [0.25, 0.3) is 0 Å². The van der Waals surface area contributed by atoms with E-state index in [0.29, 0.717) is 29.5 Å². The third-order valence-electron chi connectivity index (χ3n) is 8.81. The van der Waals surface area contributed by atoms with Crippen LogP contribution in [0, 0.1) is 11.8 Å². The van der Waals surface area contributed by atoms with Crippen molar-refractivity contribution in [3.8, 4) is 0 Å². The van der Waals surface area contributed by atoms with Gasteiger partial charge in [-0.1, -0.05) is 23.7 Å². The van der Waals surface area contributed by atoms with Crippen LogP contribution in [-0.4, -0.2) is 49.8 Å². The van der Waals surface area contributed by atoms with Crippen molar-refractivity contribution in [2.75, 3.05) is 29.9 Å². The van der Waals surface area contributed by atoms with Crippen LogP contribution in [0.4, 0.5) is 11.8 Å². The maximum Gasteiger partial charge on any atom is 0.227 e. The Morgan fingerprint density at radius 1 is 1.15 bits per heavy atom. The number of fused-ring (bicyclic) bond motifs is 5. The molecule has 5 aliphatic rings. The van der Waals surface area contributed by atoms with E-state index in [9.17, 15) is 9.32 Å². The third-order valence-corrected chi connectivity index (χ3v) is 10.9. The first kappa shape index (κ1) is 20.7. The number of aliphatic hydroxyl groups is 1. The van der Waals surface area contributed by atoms with Crippen molar-refractivity contribution >= 4 is 34.2 Å². The molecule has 8 heteroatoms. The molecule has 5 unspecified atom stereocenters. The van der Waals surface area contributed by atoms with Gasteiger partial charge in [-0.05, 0) is 74.0 Å². The molecule has 0 amide bonds. The van der Waals surface area contributed by atoms with Crippen molar-refractivity contribution in [3.63, 3.8) is 0 Å². The minimum atomic E-state index is -1.04. The van der Waals surface area contributed by atoms with Crippen molar-refractivity contribution in [1.82, 2.24) is 9.97 Å². The van der Waals surface area contributed by atoms with E-state index in [0.717, 1.165) is 60.3 Å². The van der Waals surface area contributed by atoms with Crippen LogP contribution in [0.15, 0.2) is 29.2 Å². The highest BCUT2D eigenvalue weighted by Gasteiger charge is 2.55. The van der Waals surface area contributed by atoms with Gasteiger partial charge in [0.05, 0.1) is 28.6 Å². The van der Waals surface area contributed by atoms with Gasteiger partial charge in [-0.25, -0.2) is 4.98 Å². The molecule has 1 saturated heterocycles. The van der Waals surface area contributed by atoms with Crippen molar-refractivity contribution < 1.29 is 9.32 Å². The maximum absolute atomic E-state index is 13.1. The van der Waals surface area contributed by atoms with Crippen molar-refractivity contribution in [2.45, 2.75) is 66.0 Å². The standard InChI is InChI=1S/C25H29ClN4O2S/c26-17-6-4-14(5-7-17)20-15-2-3-16(20)12-30(11-15)24-27-21-18-10-19(18)33(32)22(21)23(28-24)29-25(13-31)8-1-9-25/h4-7,15-16,18-20,31H,1-3,8-13H2,(H,27,28,29). The second-order valence-electron chi connectivity index (χ2n) is 10.8. The van der Waals surface area contributed by atoms with Crippen LogP contribution < -0.4 is 10.2 Å². The highest BCUT2D eigenvalue weighted by molar-refractivity contribution is 7.86. The fourth-order valence-corrected chi connectivity index (χ4v) is 8.70. The minimum Gasteiger partial charge on any atom is -0.394 e. The van der Waals surface area contributed by atoms with Gasteiger partial charge in [0.1, 0.15) is 10.7 Å². The molecule has 2 aromatic rings. The second kappa shape index (κ2) is 7.40. The van der Waals surface area contributed by atoms with Gasteiger partial charge in [-0.15, -0.1) is 0 Å². The number of piperidine rings is 1. The van der Waals surface area contributed by atoms with E-state index in [2.05, 4.69) is 22.3 Å². The first-order chi connectivity index (χ1) is 16.0. The number of hydrogen-bond acceptors (Lipinski definition) is 6. The summed E-state index contributed by atoms with van der Waals surface area (Å²) in [6.07, 6.45) is 6.38. The fourth-order valence-electron chi connectivity index (χ4n) is 6.77. The van der Waals surface area contributed by atoms with Crippen LogP contribution >= 0.6 is 11.6 Å². The molecule has 5 atom stereocenters. The summed E-state index contributed by atoms with van der Waals surface area (Å²) in [5, 5.41) is 14.6. The van der Waals surface area contributed by atoms with Gasteiger partial charge >= 0.3 is 0 Å². The molecule has 2 N–H and O–H groups in total. The Hall–Kier alpha value is -1.70. The van der Waals surface area contributed by atoms with Crippen LogP contribution in [0.2, 0.25) is 5.02 Å². The Morgan fingerprint density at radius 3 is 2.52 bits per heavy atom. The third kappa shape index (κ3) is 3.18. The second-order valence-corrected chi connectivity index (χ2v) is 12.8.